The lowest BCUT2D eigenvalue weighted by molar-refractivity contribution is -0.145. The summed E-state index contributed by atoms with van der Waals surface area (Å²) in [5.41, 5.74) is 0.751. The lowest BCUT2D eigenvalue weighted by Gasteiger charge is -2.11. The first-order valence-corrected chi connectivity index (χ1v) is 11.0. The minimum absolute atomic E-state index is 0.131. The highest BCUT2D eigenvalue weighted by Gasteiger charge is 2.15. The number of halogens is 4. The summed E-state index contributed by atoms with van der Waals surface area (Å²) < 4.78 is 11.6. The van der Waals surface area contributed by atoms with Gasteiger partial charge in [0.2, 0.25) is 0 Å². The summed E-state index contributed by atoms with van der Waals surface area (Å²) in [4.78, 5) is 24.0. The topological polar surface area (TPSA) is 88.4 Å². The first-order chi connectivity index (χ1) is 14.3. The van der Waals surface area contributed by atoms with Gasteiger partial charge in [0, 0.05) is 0 Å². The quantitative estimate of drug-likeness (QED) is 0.181. The fourth-order valence-electron chi connectivity index (χ4n) is 2.24. The molecule has 0 bridgehead atoms. The average molecular weight is 624 g/mol. The van der Waals surface area contributed by atoms with Crippen LogP contribution in [0, 0.1) is 14.9 Å². The zero-order valence-electron chi connectivity index (χ0n) is 15.5. The van der Waals surface area contributed by atoms with Crippen molar-refractivity contribution < 1.29 is 19.1 Å². The molecule has 0 aliphatic rings. The van der Waals surface area contributed by atoms with E-state index in [1.54, 1.807) is 37.3 Å². The Morgan fingerprint density at radius 1 is 1.33 bits per heavy atom. The van der Waals surface area contributed by atoms with E-state index in [1.165, 1.54) is 6.08 Å². The van der Waals surface area contributed by atoms with Crippen LogP contribution < -0.4 is 10.1 Å². The monoisotopic (exact) mass is 622 g/mol. The van der Waals surface area contributed by atoms with Crippen LogP contribution in [0.5, 0.6) is 5.75 Å². The summed E-state index contributed by atoms with van der Waals surface area (Å²) in [6, 6.07) is 10.1. The fourth-order valence-corrected chi connectivity index (χ4v) is 4.36. The highest BCUT2D eigenvalue weighted by Crippen LogP contribution is 2.33. The molecule has 2 aromatic rings. The van der Waals surface area contributed by atoms with Crippen LogP contribution in [0.1, 0.15) is 12.5 Å². The number of rotatable bonds is 7. The maximum Gasteiger partial charge on any atom is 0.344 e. The number of anilines is 1. The molecule has 0 atom stereocenters. The van der Waals surface area contributed by atoms with E-state index in [9.17, 15) is 14.9 Å². The van der Waals surface area contributed by atoms with Crippen molar-refractivity contribution in [2.24, 2.45) is 0 Å². The molecule has 0 heterocycles. The van der Waals surface area contributed by atoms with E-state index in [4.69, 9.17) is 32.7 Å². The highest BCUT2D eigenvalue weighted by molar-refractivity contribution is 14.1. The van der Waals surface area contributed by atoms with Crippen molar-refractivity contribution in [2.45, 2.75) is 6.92 Å². The molecule has 2 aromatic carbocycles. The molecule has 0 fully saturated rings. The number of nitrogens with zero attached hydrogens (tertiary/aromatic N) is 1. The molecule has 30 heavy (non-hydrogen) atoms. The largest absolute Gasteiger partial charge is 0.480 e. The van der Waals surface area contributed by atoms with Crippen LogP contribution in [0.2, 0.25) is 10.0 Å². The Hall–Kier alpha value is -1.80. The molecule has 0 spiro atoms. The van der Waals surface area contributed by atoms with Crippen LogP contribution in [0.15, 0.2) is 40.4 Å². The van der Waals surface area contributed by atoms with Gasteiger partial charge in [0.05, 0.1) is 30.4 Å². The number of ether oxygens (including phenoxy) is 2. The zero-order valence-corrected chi connectivity index (χ0v) is 20.7. The molecule has 1 amide bonds. The second-order valence-electron chi connectivity index (χ2n) is 5.63. The van der Waals surface area contributed by atoms with Gasteiger partial charge < -0.3 is 14.8 Å². The molecule has 0 saturated carbocycles. The molecule has 0 saturated heterocycles. The van der Waals surface area contributed by atoms with Crippen molar-refractivity contribution >= 4 is 85.4 Å². The lowest BCUT2D eigenvalue weighted by Crippen LogP contribution is -2.15. The van der Waals surface area contributed by atoms with Crippen molar-refractivity contribution in [3.05, 3.63) is 59.6 Å². The molecule has 0 radical (unpaired) electrons. The van der Waals surface area contributed by atoms with E-state index < -0.39 is 11.9 Å². The first-order valence-electron chi connectivity index (χ1n) is 8.41. The molecule has 10 heteroatoms. The van der Waals surface area contributed by atoms with Gasteiger partial charge in [-0.25, -0.2) is 4.79 Å². The Bertz CT molecular complexity index is 1030. The molecular formula is C20H14BrCl2IN2O4. The normalized spacial score (nSPS) is 10.9. The SMILES string of the molecule is CCOC(=O)COc1c(Br)cc(/C=C(/C#N)C(=O)Nc2cccc(Cl)c2Cl)cc1I. The number of esters is 1. The summed E-state index contributed by atoms with van der Waals surface area (Å²) in [6.07, 6.45) is 1.43. The van der Waals surface area contributed by atoms with Crippen molar-refractivity contribution in [1.29, 1.82) is 5.26 Å². The number of nitriles is 1. The first kappa shape index (κ1) is 24.5. The van der Waals surface area contributed by atoms with Crippen molar-refractivity contribution in [3.63, 3.8) is 0 Å². The van der Waals surface area contributed by atoms with E-state index in [2.05, 4.69) is 21.2 Å². The van der Waals surface area contributed by atoms with E-state index in [0.717, 1.165) is 0 Å². The third kappa shape index (κ3) is 6.60. The fraction of sp³-hybridized carbons (Fsp3) is 0.150. The molecule has 0 unspecified atom stereocenters. The second-order valence-corrected chi connectivity index (χ2v) is 8.43. The number of carbonyl (C=O) groups is 2. The molecule has 2 rings (SSSR count). The van der Waals surface area contributed by atoms with Crippen LogP contribution in [0.25, 0.3) is 6.08 Å². The number of hydrogen-bond donors (Lipinski definition) is 1. The summed E-state index contributed by atoms with van der Waals surface area (Å²) in [5, 5.41) is 12.5. The lowest BCUT2D eigenvalue weighted by atomic mass is 10.1. The van der Waals surface area contributed by atoms with Crippen LogP contribution in [-0.4, -0.2) is 25.1 Å². The Morgan fingerprint density at radius 2 is 2.07 bits per heavy atom. The van der Waals surface area contributed by atoms with Gasteiger partial charge >= 0.3 is 5.97 Å². The Morgan fingerprint density at radius 3 is 2.70 bits per heavy atom. The molecule has 0 aliphatic carbocycles. The Balaban J connectivity index is 2.22. The van der Waals surface area contributed by atoms with E-state index in [-0.39, 0.29) is 28.8 Å². The third-order valence-corrected chi connectivity index (χ3v) is 5.75. The zero-order chi connectivity index (χ0) is 22.3. The highest BCUT2D eigenvalue weighted by atomic mass is 127. The van der Waals surface area contributed by atoms with Gasteiger partial charge in [-0.2, -0.15) is 5.26 Å². The molecule has 0 aliphatic heterocycles. The number of amides is 1. The summed E-state index contributed by atoms with van der Waals surface area (Å²) in [7, 11) is 0. The van der Waals surface area contributed by atoms with Crippen molar-refractivity contribution in [3.8, 4) is 11.8 Å². The summed E-state index contributed by atoms with van der Waals surface area (Å²) in [5.74, 6) is -0.655. The van der Waals surface area contributed by atoms with Gasteiger partial charge in [-0.1, -0.05) is 29.3 Å². The summed E-state index contributed by atoms with van der Waals surface area (Å²) in [6.45, 7) is 1.75. The minimum atomic E-state index is -0.629. The predicted molar refractivity (Wildman–Crippen MR) is 128 cm³/mol. The van der Waals surface area contributed by atoms with E-state index in [1.807, 2.05) is 28.7 Å². The summed E-state index contributed by atoms with van der Waals surface area (Å²) >= 11 is 17.4. The minimum Gasteiger partial charge on any atom is -0.480 e. The Labute approximate surface area is 205 Å². The van der Waals surface area contributed by atoms with E-state index >= 15 is 0 Å². The van der Waals surface area contributed by atoms with Crippen LogP contribution in [0.4, 0.5) is 5.69 Å². The standard InChI is InChI=1S/C20H14BrCl2IN2O4/c1-2-29-17(27)10-30-19-13(21)7-11(8-15(19)24)6-12(9-25)20(28)26-16-5-3-4-14(22)18(16)23/h3-8H,2,10H2,1H3,(H,26,28)/b12-6-. The van der Waals surface area contributed by atoms with Crippen molar-refractivity contribution in [2.75, 3.05) is 18.5 Å². The third-order valence-electron chi connectivity index (χ3n) is 3.54. The van der Waals surface area contributed by atoms with Gasteiger partial charge in [0.1, 0.15) is 17.4 Å². The van der Waals surface area contributed by atoms with Crippen LogP contribution in [-0.2, 0) is 14.3 Å². The average Bonchev–Trinajstić information content (AvgIpc) is 2.69. The number of benzene rings is 2. The van der Waals surface area contributed by atoms with Crippen LogP contribution >= 0.6 is 61.7 Å². The van der Waals surface area contributed by atoms with Gasteiger partial charge in [0.15, 0.2) is 6.61 Å². The Kier molecular flexibility index (Phi) is 9.42. The number of nitrogens with one attached hydrogen (secondary N) is 1. The molecule has 0 aromatic heterocycles. The molecule has 6 nitrogen and oxygen atoms in total. The van der Waals surface area contributed by atoms with Crippen molar-refractivity contribution in [1.82, 2.24) is 0 Å². The number of hydrogen-bond acceptors (Lipinski definition) is 5. The molecule has 156 valence electrons. The van der Waals surface area contributed by atoms with Gasteiger partial charge in [0.25, 0.3) is 5.91 Å². The van der Waals surface area contributed by atoms with E-state index in [0.29, 0.717) is 25.0 Å². The maximum atomic E-state index is 12.5. The predicted octanol–water partition coefficient (Wildman–Crippen LogP) is 5.85. The number of carbonyl (C=O) groups excluding carboxylic acids is 2. The van der Waals surface area contributed by atoms with Gasteiger partial charge in [-0.3, -0.25) is 4.79 Å². The second kappa shape index (κ2) is 11.6. The smallest absolute Gasteiger partial charge is 0.344 e. The molecular weight excluding hydrogens is 610 g/mol. The molecule has 1 N–H and O–H groups in total. The van der Waals surface area contributed by atoms with Crippen LogP contribution in [0.3, 0.4) is 0 Å². The maximum absolute atomic E-state index is 12.5. The van der Waals surface area contributed by atoms with Gasteiger partial charge in [-0.05, 0) is 81.3 Å². The van der Waals surface area contributed by atoms with Gasteiger partial charge in [-0.15, -0.1) is 0 Å².